The smallest absolute Gasteiger partial charge is 0.407 e. The highest BCUT2D eigenvalue weighted by atomic mass is 19.1. The van der Waals surface area contributed by atoms with E-state index >= 15 is 0 Å². The highest BCUT2D eigenvalue weighted by molar-refractivity contribution is 5.67. The fourth-order valence-electron chi connectivity index (χ4n) is 1.63. The topological polar surface area (TPSA) is 50.4 Å². The maximum Gasteiger partial charge on any atom is 0.407 e. The zero-order chi connectivity index (χ0) is 12.2. The molecular weight excluding hydrogens is 211 g/mol. The lowest BCUT2D eigenvalue weighted by molar-refractivity contribution is 0.0453. The predicted molar refractivity (Wildman–Crippen MR) is 60.2 cm³/mol. The molecule has 94 valence electrons. The molecule has 1 rings (SSSR count). The van der Waals surface area contributed by atoms with Crippen LogP contribution in [-0.2, 0) is 4.74 Å². The van der Waals surface area contributed by atoms with Gasteiger partial charge in [-0.25, -0.2) is 9.18 Å². The van der Waals surface area contributed by atoms with Gasteiger partial charge >= 0.3 is 6.09 Å². The van der Waals surface area contributed by atoms with Crippen molar-refractivity contribution in [2.24, 2.45) is 0 Å². The number of hydrogen-bond donors (Lipinski definition) is 2. The highest BCUT2D eigenvalue weighted by Crippen LogP contribution is 2.19. The molecule has 1 aliphatic rings. The molecule has 0 radical (unpaired) electrons. The van der Waals surface area contributed by atoms with E-state index in [2.05, 4.69) is 10.6 Å². The molecule has 0 spiro atoms. The van der Waals surface area contributed by atoms with Crippen molar-refractivity contribution in [3.05, 3.63) is 0 Å². The Morgan fingerprint density at radius 2 is 2.25 bits per heavy atom. The van der Waals surface area contributed by atoms with Gasteiger partial charge in [0.05, 0.1) is 6.54 Å². The molecule has 0 aliphatic carbocycles. The normalized spacial score (nSPS) is 26.2. The molecule has 1 amide bonds. The van der Waals surface area contributed by atoms with E-state index in [0.29, 0.717) is 13.0 Å². The van der Waals surface area contributed by atoms with Crippen LogP contribution in [0, 0.1) is 0 Å². The van der Waals surface area contributed by atoms with Gasteiger partial charge in [0.2, 0.25) is 0 Å². The summed E-state index contributed by atoms with van der Waals surface area (Å²) in [6, 6.07) is 0. The zero-order valence-corrected chi connectivity index (χ0v) is 10.2. The Hall–Kier alpha value is -0.840. The number of alkyl halides is 1. The molecule has 1 unspecified atom stereocenters. The van der Waals surface area contributed by atoms with Gasteiger partial charge in [-0.2, -0.15) is 0 Å². The average molecular weight is 232 g/mol. The Morgan fingerprint density at radius 3 is 2.75 bits per heavy atom. The summed E-state index contributed by atoms with van der Waals surface area (Å²) in [7, 11) is 0. The summed E-state index contributed by atoms with van der Waals surface area (Å²) >= 11 is 0. The Morgan fingerprint density at radius 1 is 1.56 bits per heavy atom. The number of amides is 1. The van der Waals surface area contributed by atoms with Crippen LogP contribution < -0.4 is 10.6 Å². The van der Waals surface area contributed by atoms with Crippen molar-refractivity contribution in [3.63, 3.8) is 0 Å². The third-order valence-corrected chi connectivity index (χ3v) is 2.37. The molecule has 1 atom stereocenters. The molecular formula is C11H21FN2O2. The fourth-order valence-corrected chi connectivity index (χ4v) is 1.63. The van der Waals surface area contributed by atoms with Crippen molar-refractivity contribution in [1.29, 1.82) is 0 Å². The molecule has 0 saturated carbocycles. The summed E-state index contributed by atoms with van der Waals surface area (Å²) in [6.45, 7) is 6.48. The lowest BCUT2D eigenvalue weighted by Crippen LogP contribution is -2.50. The van der Waals surface area contributed by atoms with Crippen molar-refractivity contribution in [1.82, 2.24) is 10.6 Å². The minimum absolute atomic E-state index is 0.00884. The van der Waals surface area contributed by atoms with Crippen LogP contribution in [0.5, 0.6) is 0 Å². The summed E-state index contributed by atoms with van der Waals surface area (Å²) in [5.74, 6) is 0. The Labute approximate surface area is 95.9 Å². The van der Waals surface area contributed by atoms with Crippen LogP contribution in [0.4, 0.5) is 9.18 Å². The molecule has 0 aromatic rings. The first-order chi connectivity index (χ1) is 7.31. The fraction of sp³-hybridized carbons (Fsp3) is 0.909. The monoisotopic (exact) mass is 232 g/mol. The SMILES string of the molecule is CC(C)(C)OC(=O)NCC1(F)CCCNC1. The van der Waals surface area contributed by atoms with Gasteiger partial charge in [0, 0.05) is 6.54 Å². The van der Waals surface area contributed by atoms with Crippen molar-refractivity contribution in [3.8, 4) is 0 Å². The number of nitrogens with one attached hydrogen (secondary N) is 2. The maximum atomic E-state index is 14.0. The molecule has 5 heteroatoms. The first kappa shape index (κ1) is 13.2. The average Bonchev–Trinajstić information content (AvgIpc) is 2.14. The zero-order valence-electron chi connectivity index (χ0n) is 10.2. The highest BCUT2D eigenvalue weighted by Gasteiger charge is 2.32. The van der Waals surface area contributed by atoms with Gasteiger partial charge in [-0.3, -0.25) is 0 Å². The molecule has 1 aliphatic heterocycles. The van der Waals surface area contributed by atoms with E-state index in [4.69, 9.17) is 4.74 Å². The second-order valence-corrected chi connectivity index (χ2v) is 5.29. The number of carbonyl (C=O) groups excluding carboxylic acids is 1. The number of halogens is 1. The molecule has 0 aromatic carbocycles. The molecule has 4 nitrogen and oxygen atoms in total. The van der Waals surface area contributed by atoms with E-state index < -0.39 is 17.4 Å². The largest absolute Gasteiger partial charge is 0.444 e. The lowest BCUT2D eigenvalue weighted by Gasteiger charge is -2.30. The summed E-state index contributed by atoms with van der Waals surface area (Å²) < 4.78 is 19.1. The van der Waals surface area contributed by atoms with Crippen molar-refractivity contribution in [2.45, 2.75) is 44.9 Å². The third-order valence-electron chi connectivity index (χ3n) is 2.37. The van der Waals surface area contributed by atoms with Crippen LogP contribution in [0.3, 0.4) is 0 Å². The minimum Gasteiger partial charge on any atom is -0.444 e. The van der Waals surface area contributed by atoms with E-state index in [1.54, 1.807) is 20.8 Å². The van der Waals surface area contributed by atoms with Gasteiger partial charge in [-0.1, -0.05) is 0 Å². The van der Waals surface area contributed by atoms with E-state index in [9.17, 15) is 9.18 Å². The van der Waals surface area contributed by atoms with Gasteiger partial charge in [0.15, 0.2) is 0 Å². The molecule has 1 heterocycles. The predicted octanol–water partition coefficient (Wildman–Crippen LogP) is 1.60. The quantitative estimate of drug-likeness (QED) is 0.760. The van der Waals surface area contributed by atoms with Crippen LogP contribution in [0.2, 0.25) is 0 Å². The number of rotatable bonds is 2. The molecule has 1 fully saturated rings. The molecule has 0 bridgehead atoms. The number of piperidine rings is 1. The molecule has 0 aromatic heterocycles. The summed E-state index contributed by atoms with van der Waals surface area (Å²) in [4.78, 5) is 11.3. The van der Waals surface area contributed by atoms with Crippen LogP contribution in [-0.4, -0.2) is 37.0 Å². The van der Waals surface area contributed by atoms with E-state index in [0.717, 1.165) is 13.0 Å². The Balaban J connectivity index is 2.30. The van der Waals surface area contributed by atoms with Crippen molar-refractivity contribution < 1.29 is 13.9 Å². The molecule has 1 saturated heterocycles. The lowest BCUT2D eigenvalue weighted by atomic mass is 9.96. The second kappa shape index (κ2) is 4.99. The van der Waals surface area contributed by atoms with E-state index in [-0.39, 0.29) is 6.54 Å². The van der Waals surface area contributed by atoms with Crippen LogP contribution in [0.25, 0.3) is 0 Å². The summed E-state index contributed by atoms with van der Waals surface area (Å²) in [5, 5.41) is 5.45. The Bertz CT molecular complexity index is 245. The van der Waals surface area contributed by atoms with Gasteiger partial charge in [-0.15, -0.1) is 0 Å². The van der Waals surface area contributed by atoms with Gasteiger partial charge in [-0.05, 0) is 40.2 Å². The van der Waals surface area contributed by atoms with Crippen molar-refractivity contribution in [2.75, 3.05) is 19.6 Å². The second-order valence-electron chi connectivity index (χ2n) is 5.29. The number of carbonyl (C=O) groups is 1. The maximum absolute atomic E-state index is 14.0. The van der Waals surface area contributed by atoms with Gasteiger partial charge < -0.3 is 15.4 Å². The Kier molecular flexibility index (Phi) is 4.13. The summed E-state index contributed by atoms with van der Waals surface area (Å²) in [5.41, 5.74) is -1.88. The number of alkyl carbamates (subject to hydrolysis) is 1. The minimum atomic E-state index is -1.34. The van der Waals surface area contributed by atoms with E-state index in [1.165, 1.54) is 0 Å². The third kappa shape index (κ3) is 4.79. The molecule has 16 heavy (non-hydrogen) atoms. The van der Waals surface area contributed by atoms with Gasteiger partial charge in [0.1, 0.15) is 11.3 Å². The van der Waals surface area contributed by atoms with Crippen LogP contribution in [0.15, 0.2) is 0 Å². The van der Waals surface area contributed by atoms with Crippen molar-refractivity contribution >= 4 is 6.09 Å². The first-order valence-corrected chi connectivity index (χ1v) is 5.67. The standard InChI is InChI=1S/C11H21FN2O2/c1-10(2,3)16-9(15)14-8-11(12)5-4-6-13-7-11/h13H,4-8H2,1-3H3,(H,14,15). The van der Waals surface area contributed by atoms with E-state index in [1.807, 2.05) is 0 Å². The number of hydrogen-bond acceptors (Lipinski definition) is 3. The number of ether oxygens (including phenoxy) is 1. The summed E-state index contributed by atoms with van der Waals surface area (Å²) in [6.07, 6.45) is 0.720. The molecule has 2 N–H and O–H groups in total. The first-order valence-electron chi connectivity index (χ1n) is 5.67. The van der Waals surface area contributed by atoms with Gasteiger partial charge in [0.25, 0.3) is 0 Å². The van der Waals surface area contributed by atoms with Crippen LogP contribution >= 0.6 is 0 Å². The van der Waals surface area contributed by atoms with Crippen LogP contribution in [0.1, 0.15) is 33.6 Å².